The van der Waals surface area contributed by atoms with Gasteiger partial charge in [0.15, 0.2) is 15.1 Å². The van der Waals surface area contributed by atoms with Crippen molar-refractivity contribution in [1.29, 1.82) is 5.26 Å². The Balaban J connectivity index is 2.50. The molecular formula is C19H21NO3S. The smallest absolute Gasteiger partial charge is 0.195 e. The largest absolute Gasteiger partial charge is 0.497 e. The van der Waals surface area contributed by atoms with E-state index in [0.717, 1.165) is 11.1 Å². The van der Waals surface area contributed by atoms with Gasteiger partial charge in [0.05, 0.1) is 18.1 Å². The van der Waals surface area contributed by atoms with Crippen molar-refractivity contribution in [3.8, 4) is 11.8 Å². The number of nitriles is 1. The van der Waals surface area contributed by atoms with Crippen molar-refractivity contribution < 1.29 is 13.2 Å². The van der Waals surface area contributed by atoms with Crippen LogP contribution in [0.5, 0.6) is 5.75 Å². The Morgan fingerprint density at radius 2 is 1.88 bits per heavy atom. The summed E-state index contributed by atoms with van der Waals surface area (Å²) in [6, 6.07) is 15.9. The summed E-state index contributed by atoms with van der Waals surface area (Å²) in [7, 11) is -2.19. The van der Waals surface area contributed by atoms with E-state index in [-0.39, 0.29) is 4.90 Å². The lowest BCUT2D eigenvalue weighted by Crippen LogP contribution is -2.27. The van der Waals surface area contributed by atoms with Gasteiger partial charge < -0.3 is 4.74 Å². The molecule has 5 heteroatoms. The van der Waals surface area contributed by atoms with Gasteiger partial charge in [-0.25, -0.2) is 8.42 Å². The summed E-state index contributed by atoms with van der Waals surface area (Å²) in [5, 5.41) is 8.48. The molecule has 0 heterocycles. The molecule has 0 aliphatic rings. The first-order valence-corrected chi connectivity index (χ1v) is 9.32. The summed E-state index contributed by atoms with van der Waals surface area (Å²) in [4.78, 5) is 0.190. The van der Waals surface area contributed by atoms with E-state index in [9.17, 15) is 13.7 Å². The van der Waals surface area contributed by atoms with Crippen LogP contribution in [-0.4, -0.2) is 20.8 Å². The quantitative estimate of drug-likeness (QED) is 0.798. The van der Waals surface area contributed by atoms with Gasteiger partial charge in [-0.1, -0.05) is 31.2 Å². The molecule has 24 heavy (non-hydrogen) atoms. The SMILES string of the molecule is CCC(c1cccc(OC)c1)C(C#N)S(=O)(=O)c1cccc(C)c1. The predicted octanol–water partition coefficient (Wildman–Crippen LogP) is 3.86. The monoisotopic (exact) mass is 343 g/mol. The fourth-order valence-corrected chi connectivity index (χ4v) is 4.64. The fraction of sp³-hybridized carbons (Fsp3) is 0.316. The highest BCUT2D eigenvalue weighted by molar-refractivity contribution is 7.92. The van der Waals surface area contributed by atoms with E-state index in [1.807, 2.05) is 38.1 Å². The van der Waals surface area contributed by atoms with Gasteiger partial charge >= 0.3 is 0 Å². The van der Waals surface area contributed by atoms with Crippen LogP contribution in [0.15, 0.2) is 53.4 Å². The number of benzene rings is 2. The first kappa shape index (κ1) is 18.0. The molecule has 126 valence electrons. The molecule has 0 bridgehead atoms. The molecule has 2 unspecified atom stereocenters. The summed E-state index contributed by atoms with van der Waals surface area (Å²) in [6.07, 6.45) is 0.538. The minimum atomic E-state index is -3.75. The fourth-order valence-electron chi connectivity index (χ4n) is 2.81. The number of rotatable bonds is 6. The number of methoxy groups -OCH3 is 1. The lowest BCUT2D eigenvalue weighted by Gasteiger charge is -2.22. The Morgan fingerprint density at radius 3 is 2.46 bits per heavy atom. The number of sulfone groups is 1. The molecule has 0 saturated carbocycles. The van der Waals surface area contributed by atoms with Crippen molar-refractivity contribution >= 4 is 9.84 Å². The second kappa shape index (κ2) is 7.50. The van der Waals surface area contributed by atoms with Gasteiger partial charge in [0.2, 0.25) is 0 Å². The van der Waals surface area contributed by atoms with E-state index in [1.165, 1.54) is 0 Å². The predicted molar refractivity (Wildman–Crippen MR) is 93.8 cm³/mol. The summed E-state index contributed by atoms with van der Waals surface area (Å²) < 4.78 is 31.2. The van der Waals surface area contributed by atoms with E-state index in [2.05, 4.69) is 0 Å². The molecule has 2 aromatic rings. The van der Waals surface area contributed by atoms with Crippen LogP contribution in [-0.2, 0) is 9.84 Å². The second-order valence-corrected chi connectivity index (χ2v) is 7.77. The van der Waals surface area contributed by atoms with Crippen molar-refractivity contribution in [2.24, 2.45) is 0 Å². The summed E-state index contributed by atoms with van der Waals surface area (Å²) in [6.45, 7) is 3.72. The zero-order valence-electron chi connectivity index (χ0n) is 14.1. The molecule has 0 fully saturated rings. The summed E-state index contributed by atoms with van der Waals surface area (Å²) in [5.74, 6) is 0.228. The van der Waals surface area contributed by atoms with Crippen LogP contribution in [0, 0.1) is 18.3 Å². The highest BCUT2D eigenvalue weighted by Crippen LogP contribution is 2.33. The first-order valence-electron chi connectivity index (χ1n) is 7.78. The minimum Gasteiger partial charge on any atom is -0.497 e. The molecule has 0 amide bonds. The number of nitrogens with zero attached hydrogens (tertiary/aromatic N) is 1. The molecule has 0 aromatic heterocycles. The summed E-state index contributed by atoms with van der Waals surface area (Å²) >= 11 is 0. The molecule has 0 N–H and O–H groups in total. The maximum atomic E-state index is 13.0. The van der Waals surface area contributed by atoms with Gasteiger partial charge in [-0.15, -0.1) is 0 Å². The lowest BCUT2D eigenvalue weighted by molar-refractivity contribution is 0.413. The van der Waals surface area contributed by atoms with Crippen molar-refractivity contribution in [3.05, 3.63) is 59.7 Å². The molecule has 0 spiro atoms. The van der Waals surface area contributed by atoms with Crippen LogP contribution in [0.25, 0.3) is 0 Å². The molecule has 0 saturated heterocycles. The van der Waals surface area contributed by atoms with E-state index in [4.69, 9.17) is 4.74 Å². The molecule has 2 atom stereocenters. The van der Waals surface area contributed by atoms with Crippen LogP contribution in [0.4, 0.5) is 0 Å². The van der Waals surface area contributed by atoms with Crippen LogP contribution >= 0.6 is 0 Å². The van der Waals surface area contributed by atoms with Crippen LogP contribution in [0.1, 0.15) is 30.4 Å². The maximum Gasteiger partial charge on any atom is 0.195 e. The lowest BCUT2D eigenvalue weighted by atomic mass is 9.93. The van der Waals surface area contributed by atoms with E-state index < -0.39 is 21.0 Å². The van der Waals surface area contributed by atoms with Crippen LogP contribution in [0.3, 0.4) is 0 Å². The maximum absolute atomic E-state index is 13.0. The molecule has 2 rings (SSSR count). The van der Waals surface area contributed by atoms with Crippen molar-refractivity contribution in [1.82, 2.24) is 0 Å². The van der Waals surface area contributed by atoms with Gasteiger partial charge in [-0.05, 0) is 48.7 Å². The molecule has 4 nitrogen and oxygen atoms in total. The Labute approximate surface area is 143 Å². The van der Waals surface area contributed by atoms with Crippen LogP contribution < -0.4 is 4.74 Å². The minimum absolute atomic E-state index is 0.190. The van der Waals surface area contributed by atoms with E-state index in [0.29, 0.717) is 12.2 Å². The number of hydrogen-bond acceptors (Lipinski definition) is 4. The first-order chi connectivity index (χ1) is 11.4. The molecule has 0 aliphatic heterocycles. The Morgan fingerprint density at radius 1 is 1.17 bits per heavy atom. The molecule has 2 aromatic carbocycles. The van der Waals surface area contributed by atoms with Crippen molar-refractivity contribution in [2.45, 2.75) is 36.3 Å². The van der Waals surface area contributed by atoms with Crippen LogP contribution in [0.2, 0.25) is 0 Å². The van der Waals surface area contributed by atoms with Gasteiger partial charge in [-0.2, -0.15) is 5.26 Å². The Hall–Kier alpha value is -2.32. The molecule has 0 aliphatic carbocycles. The number of hydrogen-bond donors (Lipinski definition) is 0. The molecule has 0 radical (unpaired) electrons. The van der Waals surface area contributed by atoms with Gasteiger partial charge in [0.25, 0.3) is 0 Å². The van der Waals surface area contributed by atoms with E-state index in [1.54, 1.807) is 37.4 Å². The average Bonchev–Trinajstić information content (AvgIpc) is 2.59. The Bertz CT molecular complexity index is 853. The second-order valence-electron chi connectivity index (χ2n) is 5.70. The third-order valence-corrected chi connectivity index (χ3v) is 6.12. The normalized spacial score (nSPS) is 13.8. The highest BCUT2D eigenvalue weighted by Gasteiger charge is 2.35. The van der Waals surface area contributed by atoms with Gasteiger partial charge in [0.1, 0.15) is 5.75 Å². The van der Waals surface area contributed by atoms with E-state index >= 15 is 0 Å². The molecular weight excluding hydrogens is 322 g/mol. The van der Waals surface area contributed by atoms with Crippen molar-refractivity contribution in [2.75, 3.05) is 7.11 Å². The number of ether oxygens (including phenoxy) is 1. The van der Waals surface area contributed by atoms with Crippen molar-refractivity contribution in [3.63, 3.8) is 0 Å². The zero-order chi connectivity index (χ0) is 17.7. The standard InChI is InChI=1S/C19H21NO3S/c1-4-18(15-8-6-9-16(12-15)23-3)19(13-20)24(21,22)17-10-5-7-14(2)11-17/h5-12,18-19H,4H2,1-3H3. The topological polar surface area (TPSA) is 67.2 Å². The van der Waals surface area contributed by atoms with Gasteiger partial charge in [0, 0.05) is 5.92 Å². The third-order valence-electron chi connectivity index (χ3n) is 4.11. The summed E-state index contributed by atoms with van der Waals surface area (Å²) in [5.41, 5.74) is 1.64. The van der Waals surface area contributed by atoms with Gasteiger partial charge in [-0.3, -0.25) is 0 Å². The average molecular weight is 343 g/mol. The number of aryl methyl sites for hydroxylation is 1. The Kier molecular flexibility index (Phi) is 5.63. The zero-order valence-corrected chi connectivity index (χ0v) is 14.9. The third kappa shape index (κ3) is 3.60. The highest BCUT2D eigenvalue weighted by atomic mass is 32.2.